The Morgan fingerprint density at radius 3 is 2.28 bits per heavy atom. The molecule has 0 unspecified atom stereocenters. The van der Waals surface area contributed by atoms with Gasteiger partial charge in [0.2, 0.25) is 5.95 Å². The van der Waals surface area contributed by atoms with Crippen LogP contribution in [0.1, 0.15) is 11.1 Å². The van der Waals surface area contributed by atoms with Gasteiger partial charge in [0, 0.05) is 16.3 Å². The summed E-state index contributed by atoms with van der Waals surface area (Å²) in [5.74, 6) is 1.22. The van der Waals surface area contributed by atoms with E-state index in [1.165, 1.54) is 28.6 Å². The van der Waals surface area contributed by atoms with Crippen LogP contribution in [0.15, 0.2) is 78.9 Å². The highest BCUT2D eigenvalue weighted by atomic mass is 35.5. The summed E-state index contributed by atoms with van der Waals surface area (Å²) in [5.41, 5.74) is 0.976. The van der Waals surface area contributed by atoms with E-state index in [9.17, 15) is 13.2 Å². The summed E-state index contributed by atoms with van der Waals surface area (Å²) in [5, 5.41) is 9.00. The normalized spacial score (nSPS) is 11.5. The molecule has 32 heavy (non-hydrogen) atoms. The molecule has 0 atom stereocenters. The number of nitrogens with zero attached hydrogens (tertiary/aromatic N) is 3. The molecule has 0 bridgehead atoms. The molecule has 4 aromatic rings. The Balaban J connectivity index is 1.64. The lowest BCUT2D eigenvalue weighted by atomic mass is 10.1. The summed E-state index contributed by atoms with van der Waals surface area (Å²) >= 11 is 7.26. The Kier molecular flexibility index (Phi) is 6.72. The van der Waals surface area contributed by atoms with Gasteiger partial charge < -0.3 is 0 Å². The van der Waals surface area contributed by atoms with Crippen molar-refractivity contribution in [3.63, 3.8) is 0 Å². The van der Waals surface area contributed by atoms with Crippen LogP contribution in [0.25, 0.3) is 17.1 Å². The molecule has 1 aromatic heterocycles. The van der Waals surface area contributed by atoms with Gasteiger partial charge in [-0.1, -0.05) is 66.2 Å². The third-order valence-corrected chi connectivity index (χ3v) is 5.70. The van der Waals surface area contributed by atoms with Crippen molar-refractivity contribution in [2.24, 2.45) is 0 Å². The number of anilines is 1. The van der Waals surface area contributed by atoms with Crippen LogP contribution in [0, 0.1) is 0 Å². The van der Waals surface area contributed by atoms with Gasteiger partial charge in [-0.2, -0.15) is 13.2 Å². The van der Waals surface area contributed by atoms with E-state index in [1.807, 2.05) is 30.3 Å². The molecular formula is C23H18ClF3N4S. The summed E-state index contributed by atoms with van der Waals surface area (Å²) in [7, 11) is 0. The van der Waals surface area contributed by atoms with E-state index < -0.39 is 11.7 Å². The first kappa shape index (κ1) is 22.2. The van der Waals surface area contributed by atoms with Crippen molar-refractivity contribution >= 4 is 29.5 Å². The first-order valence-electron chi connectivity index (χ1n) is 9.73. The fraction of sp³-hybridized carbons (Fsp3) is 0.130. The standard InChI is InChI=1S/C23H18ClF3N4S/c24-18-12-10-16(11-13-18)14-15-32-30-22-29-28-21(17-6-2-1-3-7-17)31(22)20-9-5-4-8-19(20)23(25,26)27/h1-13H,14-15H2,(H,29,30). The van der Waals surface area contributed by atoms with Crippen molar-refractivity contribution in [3.8, 4) is 17.1 Å². The lowest BCUT2D eigenvalue weighted by Gasteiger charge is -2.17. The van der Waals surface area contributed by atoms with Crippen LogP contribution >= 0.6 is 23.5 Å². The van der Waals surface area contributed by atoms with E-state index >= 15 is 0 Å². The van der Waals surface area contributed by atoms with Crippen LogP contribution in [0.5, 0.6) is 0 Å². The predicted octanol–water partition coefficient (Wildman–Crippen LogP) is 6.91. The SMILES string of the molecule is FC(F)(F)c1ccccc1-n1c(NSCCc2ccc(Cl)cc2)nnc1-c1ccccc1. The first-order valence-corrected chi connectivity index (χ1v) is 11.1. The Hall–Kier alpha value is -2.97. The summed E-state index contributed by atoms with van der Waals surface area (Å²) in [6.45, 7) is 0. The Labute approximate surface area is 192 Å². The number of halogens is 4. The third-order valence-electron chi connectivity index (χ3n) is 4.71. The molecule has 0 aliphatic carbocycles. The van der Waals surface area contributed by atoms with E-state index in [2.05, 4.69) is 14.9 Å². The second-order valence-electron chi connectivity index (χ2n) is 6.89. The first-order chi connectivity index (χ1) is 15.4. The monoisotopic (exact) mass is 474 g/mol. The molecule has 0 amide bonds. The number of benzene rings is 3. The van der Waals surface area contributed by atoms with Crippen molar-refractivity contribution in [2.45, 2.75) is 12.6 Å². The van der Waals surface area contributed by atoms with Gasteiger partial charge in [0.05, 0.1) is 11.3 Å². The van der Waals surface area contributed by atoms with E-state index in [1.54, 1.807) is 30.3 Å². The van der Waals surface area contributed by atoms with Crippen LogP contribution in [0.3, 0.4) is 0 Å². The fourth-order valence-corrected chi connectivity index (χ4v) is 4.02. The molecule has 3 aromatic carbocycles. The third kappa shape index (κ3) is 5.08. The zero-order valence-electron chi connectivity index (χ0n) is 16.7. The zero-order chi connectivity index (χ0) is 22.6. The van der Waals surface area contributed by atoms with E-state index in [4.69, 9.17) is 11.6 Å². The number of aryl methyl sites for hydroxylation is 1. The van der Waals surface area contributed by atoms with Gasteiger partial charge in [-0.25, -0.2) is 0 Å². The maximum Gasteiger partial charge on any atom is 0.418 e. The largest absolute Gasteiger partial charge is 0.418 e. The highest BCUT2D eigenvalue weighted by Gasteiger charge is 2.35. The quantitative estimate of drug-likeness (QED) is 0.233. The second kappa shape index (κ2) is 9.67. The molecule has 0 fully saturated rings. The van der Waals surface area contributed by atoms with Gasteiger partial charge in [0.1, 0.15) is 0 Å². The fourth-order valence-electron chi connectivity index (χ4n) is 3.20. The number of alkyl halides is 3. The number of nitrogens with one attached hydrogen (secondary N) is 1. The number of para-hydroxylation sites is 1. The Morgan fingerprint density at radius 1 is 0.875 bits per heavy atom. The van der Waals surface area contributed by atoms with Crippen molar-refractivity contribution in [2.75, 3.05) is 10.5 Å². The van der Waals surface area contributed by atoms with Gasteiger partial charge in [-0.05, 0) is 48.2 Å². The van der Waals surface area contributed by atoms with Crippen LogP contribution in [-0.2, 0) is 12.6 Å². The Morgan fingerprint density at radius 2 is 1.56 bits per heavy atom. The number of rotatable bonds is 7. The topological polar surface area (TPSA) is 42.7 Å². The maximum atomic E-state index is 13.7. The van der Waals surface area contributed by atoms with Gasteiger partial charge >= 0.3 is 6.18 Å². The summed E-state index contributed by atoms with van der Waals surface area (Å²) < 4.78 is 45.7. The predicted molar refractivity (Wildman–Crippen MR) is 123 cm³/mol. The van der Waals surface area contributed by atoms with Crippen molar-refractivity contribution in [3.05, 3.63) is 95.0 Å². The molecular weight excluding hydrogens is 457 g/mol. The van der Waals surface area contributed by atoms with Crippen LogP contribution in [0.2, 0.25) is 5.02 Å². The van der Waals surface area contributed by atoms with Crippen LogP contribution in [-0.4, -0.2) is 20.5 Å². The maximum absolute atomic E-state index is 13.7. The second-order valence-corrected chi connectivity index (χ2v) is 8.23. The molecule has 164 valence electrons. The van der Waals surface area contributed by atoms with Gasteiger partial charge in [-0.15, -0.1) is 10.2 Å². The summed E-state index contributed by atoms with van der Waals surface area (Å²) in [4.78, 5) is 0. The molecule has 4 nitrogen and oxygen atoms in total. The summed E-state index contributed by atoms with van der Waals surface area (Å²) in [6.07, 6.45) is -3.76. The van der Waals surface area contributed by atoms with Crippen molar-refractivity contribution in [1.82, 2.24) is 14.8 Å². The van der Waals surface area contributed by atoms with Crippen molar-refractivity contribution < 1.29 is 13.2 Å². The molecule has 0 saturated heterocycles. The molecule has 9 heteroatoms. The lowest BCUT2D eigenvalue weighted by molar-refractivity contribution is -0.137. The summed E-state index contributed by atoms with van der Waals surface area (Å²) in [6, 6.07) is 22.0. The van der Waals surface area contributed by atoms with Crippen molar-refractivity contribution in [1.29, 1.82) is 0 Å². The van der Waals surface area contributed by atoms with E-state index in [0.29, 0.717) is 22.2 Å². The highest BCUT2D eigenvalue weighted by molar-refractivity contribution is 8.00. The molecule has 1 N–H and O–H groups in total. The molecule has 0 spiro atoms. The number of hydrogen-bond donors (Lipinski definition) is 1. The number of hydrogen-bond acceptors (Lipinski definition) is 4. The molecule has 0 radical (unpaired) electrons. The minimum atomic E-state index is -4.52. The van der Waals surface area contributed by atoms with Crippen LogP contribution in [0.4, 0.5) is 19.1 Å². The van der Waals surface area contributed by atoms with E-state index in [-0.39, 0.29) is 11.6 Å². The average molecular weight is 475 g/mol. The van der Waals surface area contributed by atoms with Gasteiger partial charge in [0.25, 0.3) is 0 Å². The van der Waals surface area contributed by atoms with Gasteiger partial charge in [-0.3, -0.25) is 9.29 Å². The number of aromatic nitrogens is 3. The van der Waals surface area contributed by atoms with Gasteiger partial charge in [0.15, 0.2) is 5.82 Å². The molecule has 0 aliphatic heterocycles. The minimum Gasteiger partial charge on any atom is -0.298 e. The highest BCUT2D eigenvalue weighted by Crippen LogP contribution is 2.37. The zero-order valence-corrected chi connectivity index (χ0v) is 18.3. The molecule has 4 rings (SSSR count). The average Bonchev–Trinajstić information content (AvgIpc) is 3.22. The molecule has 0 aliphatic rings. The van der Waals surface area contributed by atoms with Crippen LogP contribution < -0.4 is 4.72 Å². The lowest BCUT2D eigenvalue weighted by Crippen LogP contribution is -2.12. The Bertz CT molecular complexity index is 1180. The molecule has 0 saturated carbocycles. The molecule has 1 heterocycles. The smallest absolute Gasteiger partial charge is 0.298 e. The van der Waals surface area contributed by atoms with E-state index in [0.717, 1.165) is 18.1 Å². The minimum absolute atomic E-state index is 0.0374.